The van der Waals surface area contributed by atoms with Crippen LogP contribution >= 0.6 is 11.3 Å². The van der Waals surface area contributed by atoms with Crippen LogP contribution in [0, 0.1) is 0 Å². The number of esters is 1. The minimum absolute atomic E-state index is 0.102. The molecule has 0 aliphatic carbocycles. The van der Waals surface area contributed by atoms with Crippen LogP contribution in [0.15, 0.2) is 63.5 Å². The number of nitrogens with zero attached hydrogens (tertiary/aromatic N) is 2. The summed E-state index contributed by atoms with van der Waals surface area (Å²) in [7, 11) is 3.06. The van der Waals surface area contributed by atoms with Crippen molar-refractivity contribution in [3.63, 3.8) is 0 Å². The number of ether oxygens (including phenoxy) is 3. The molecule has 0 amide bonds. The van der Waals surface area contributed by atoms with E-state index in [4.69, 9.17) is 14.2 Å². The summed E-state index contributed by atoms with van der Waals surface area (Å²) in [4.78, 5) is 31.6. The number of allylic oxidation sites excluding steroid dienone is 1. The second kappa shape index (κ2) is 9.56. The zero-order valence-corrected chi connectivity index (χ0v) is 20.0. The predicted octanol–water partition coefficient (Wildman–Crippen LogP) is 2.52. The molecule has 0 radical (unpaired) electrons. The first-order valence-corrected chi connectivity index (χ1v) is 11.4. The van der Waals surface area contributed by atoms with E-state index in [0.29, 0.717) is 37.7 Å². The monoisotopic (exact) mass is 480 g/mol. The number of aromatic nitrogens is 1. The van der Waals surface area contributed by atoms with E-state index < -0.39 is 12.0 Å². The van der Waals surface area contributed by atoms with Crippen molar-refractivity contribution in [3.05, 3.63) is 84.5 Å². The van der Waals surface area contributed by atoms with Crippen LogP contribution in [0.25, 0.3) is 6.08 Å². The highest BCUT2D eigenvalue weighted by atomic mass is 32.1. The molecule has 0 spiro atoms. The molecule has 9 heteroatoms. The number of carbonyl (C=O) groups is 1. The Morgan fingerprint density at radius 3 is 2.62 bits per heavy atom. The summed E-state index contributed by atoms with van der Waals surface area (Å²) in [6.45, 7) is 3.65. The van der Waals surface area contributed by atoms with Gasteiger partial charge in [-0.15, -0.1) is 0 Å². The lowest BCUT2D eigenvalue weighted by atomic mass is 9.95. The summed E-state index contributed by atoms with van der Waals surface area (Å²) in [5.74, 6) is 0.566. The van der Waals surface area contributed by atoms with Crippen LogP contribution in [-0.4, -0.2) is 36.5 Å². The normalized spacial score (nSPS) is 15.5. The smallest absolute Gasteiger partial charge is 0.338 e. The van der Waals surface area contributed by atoms with Crippen LogP contribution < -0.4 is 24.4 Å². The topological polar surface area (TPSA) is 99.4 Å². The first kappa shape index (κ1) is 23.3. The molecule has 2 heterocycles. The average molecular weight is 481 g/mol. The van der Waals surface area contributed by atoms with Gasteiger partial charge in [0.2, 0.25) is 0 Å². The molecule has 0 saturated heterocycles. The van der Waals surface area contributed by atoms with Gasteiger partial charge < -0.3 is 19.3 Å². The number of phenolic OH excluding ortho intramolecular Hbond substituents is 1. The predicted molar refractivity (Wildman–Crippen MR) is 128 cm³/mol. The second-order valence-corrected chi connectivity index (χ2v) is 8.52. The summed E-state index contributed by atoms with van der Waals surface area (Å²) in [6, 6.07) is 11.1. The molecule has 8 nitrogen and oxygen atoms in total. The fourth-order valence-electron chi connectivity index (χ4n) is 3.90. The lowest BCUT2D eigenvalue weighted by molar-refractivity contribution is -0.139. The summed E-state index contributed by atoms with van der Waals surface area (Å²) >= 11 is 1.21. The minimum atomic E-state index is -0.763. The lowest BCUT2D eigenvalue weighted by Gasteiger charge is -2.25. The molecule has 1 unspecified atom stereocenters. The van der Waals surface area contributed by atoms with Crippen LogP contribution in [0.5, 0.6) is 17.2 Å². The van der Waals surface area contributed by atoms with E-state index in [1.54, 1.807) is 62.4 Å². The van der Waals surface area contributed by atoms with Gasteiger partial charge in [-0.3, -0.25) is 9.36 Å². The SMILES string of the molecule is CCOC(=O)C1=C(C)N=c2sc(=Cc3cccc(O)c3)c(=O)n2C1c1ccc(OC)c(OC)c1. The van der Waals surface area contributed by atoms with Crippen molar-refractivity contribution in [2.24, 2.45) is 4.99 Å². The van der Waals surface area contributed by atoms with Crippen LogP contribution in [-0.2, 0) is 9.53 Å². The zero-order valence-electron chi connectivity index (χ0n) is 19.2. The molecule has 0 bridgehead atoms. The fraction of sp³-hybridized carbons (Fsp3) is 0.240. The van der Waals surface area contributed by atoms with E-state index in [2.05, 4.69) is 4.99 Å². The third-order valence-electron chi connectivity index (χ3n) is 5.41. The molecule has 0 saturated carbocycles. The van der Waals surface area contributed by atoms with Crippen LogP contribution in [0.2, 0.25) is 0 Å². The number of rotatable bonds is 6. The standard InChI is InChI=1S/C25H24N2O6S/c1-5-33-24(30)21-14(2)26-25-27(22(21)16-9-10-18(31-3)19(13-16)32-4)23(29)20(34-25)12-15-7-6-8-17(28)11-15/h6-13,22,28H,5H2,1-4H3. The molecule has 1 atom stereocenters. The van der Waals surface area contributed by atoms with Crippen LogP contribution in [0.3, 0.4) is 0 Å². The van der Waals surface area contributed by atoms with E-state index in [1.165, 1.54) is 30.1 Å². The Hall–Kier alpha value is -3.85. The van der Waals surface area contributed by atoms with Crippen LogP contribution in [0.1, 0.15) is 31.0 Å². The number of phenols is 1. The molecular formula is C25H24N2O6S. The molecular weight excluding hydrogens is 456 g/mol. The van der Waals surface area contributed by atoms with Crippen molar-refractivity contribution in [2.75, 3.05) is 20.8 Å². The lowest BCUT2D eigenvalue weighted by Crippen LogP contribution is -2.39. The van der Waals surface area contributed by atoms with Crippen molar-refractivity contribution < 1.29 is 24.1 Å². The van der Waals surface area contributed by atoms with Gasteiger partial charge in [0.1, 0.15) is 5.75 Å². The molecule has 176 valence electrons. The summed E-state index contributed by atoms with van der Waals surface area (Å²) < 4.78 is 18.0. The van der Waals surface area contributed by atoms with Crippen LogP contribution in [0.4, 0.5) is 0 Å². The zero-order chi connectivity index (χ0) is 24.4. The van der Waals surface area contributed by atoms with E-state index in [1.807, 2.05) is 0 Å². The number of methoxy groups -OCH3 is 2. The van der Waals surface area contributed by atoms with E-state index in [0.717, 1.165) is 0 Å². The van der Waals surface area contributed by atoms with Crippen molar-refractivity contribution in [3.8, 4) is 17.2 Å². The molecule has 1 aliphatic rings. The summed E-state index contributed by atoms with van der Waals surface area (Å²) in [5, 5.41) is 9.79. The Bertz CT molecular complexity index is 1470. The molecule has 1 aliphatic heterocycles. The molecule has 4 rings (SSSR count). The number of fused-ring (bicyclic) bond motifs is 1. The number of hydrogen-bond acceptors (Lipinski definition) is 8. The largest absolute Gasteiger partial charge is 0.508 e. The molecule has 2 aromatic carbocycles. The number of carbonyl (C=O) groups excluding carboxylic acids is 1. The van der Waals surface area contributed by atoms with E-state index in [9.17, 15) is 14.7 Å². The highest BCUT2D eigenvalue weighted by Gasteiger charge is 2.33. The minimum Gasteiger partial charge on any atom is -0.508 e. The van der Waals surface area contributed by atoms with Crippen molar-refractivity contribution in [1.82, 2.24) is 4.57 Å². The number of thiazole rings is 1. The molecule has 1 N–H and O–H groups in total. The van der Waals surface area contributed by atoms with Gasteiger partial charge in [-0.25, -0.2) is 9.79 Å². The Kier molecular flexibility index (Phi) is 6.56. The quantitative estimate of drug-likeness (QED) is 0.545. The molecule has 3 aromatic rings. The highest BCUT2D eigenvalue weighted by Crippen LogP contribution is 2.36. The van der Waals surface area contributed by atoms with E-state index >= 15 is 0 Å². The maximum atomic E-state index is 13.6. The maximum Gasteiger partial charge on any atom is 0.338 e. The Balaban J connectivity index is 1.97. The van der Waals surface area contributed by atoms with Gasteiger partial charge in [0, 0.05) is 0 Å². The van der Waals surface area contributed by atoms with Crippen molar-refractivity contribution >= 4 is 23.4 Å². The maximum absolute atomic E-state index is 13.6. The van der Waals surface area contributed by atoms with Gasteiger partial charge in [0.15, 0.2) is 16.3 Å². The van der Waals surface area contributed by atoms with Crippen molar-refractivity contribution in [2.45, 2.75) is 19.9 Å². The second-order valence-electron chi connectivity index (χ2n) is 7.51. The van der Waals surface area contributed by atoms with Gasteiger partial charge in [-0.2, -0.15) is 0 Å². The average Bonchev–Trinajstić information content (AvgIpc) is 3.12. The third-order valence-corrected chi connectivity index (χ3v) is 6.39. The van der Waals surface area contributed by atoms with Crippen molar-refractivity contribution in [1.29, 1.82) is 0 Å². The van der Waals surface area contributed by atoms with Gasteiger partial charge >= 0.3 is 5.97 Å². The van der Waals surface area contributed by atoms with E-state index in [-0.39, 0.29) is 23.5 Å². The number of aromatic hydroxyl groups is 1. The molecule has 1 aromatic heterocycles. The first-order valence-electron chi connectivity index (χ1n) is 10.6. The van der Waals surface area contributed by atoms with Gasteiger partial charge in [0.25, 0.3) is 5.56 Å². The van der Waals surface area contributed by atoms with Gasteiger partial charge in [-0.1, -0.05) is 29.5 Å². The number of hydrogen-bond donors (Lipinski definition) is 1. The Morgan fingerprint density at radius 2 is 1.94 bits per heavy atom. The summed E-state index contributed by atoms with van der Waals surface area (Å²) in [6.07, 6.45) is 1.69. The summed E-state index contributed by atoms with van der Waals surface area (Å²) in [5.41, 5.74) is 1.78. The Labute approximate surface area is 199 Å². The molecule has 34 heavy (non-hydrogen) atoms. The van der Waals surface area contributed by atoms with Gasteiger partial charge in [-0.05, 0) is 55.3 Å². The van der Waals surface area contributed by atoms with Gasteiger partial charge in [0.05, 0.1) is 42.7 Å². The third kappa shape index (κ3) is 4.22. The first-order chi connectivity index (χ1) is 16.4. The Morgan fingerprint density at radius 1 is 1.18 bits per heavy atom. The fourth-order valence-corrected chi connectivity index (χ4v) is 4.94. The molecule has 0 fully saturated rings. The number of benzene rings is 2. The highest BCUT2D eigenvalue weighted by molar-refractivity contribution is 7.07.